The Labute approximate surface area is 118 Å². The third-order valence-corrected chi connectivity index (χ3v) is 5.47. The summed E-state index contributed by atoms with van der Waals surface area (Å²) in [5.41, 5.74) is 6.36. The summed E-state index contributed by atoms with van der Waals surface area (Å²) in [7, 11) is 0. The zero-order valence-corrected chi connectivity index (χ0v) is 12.7. The molecule has 2 rings (SSSR count). The summed E-state index contributed by atoms with van der Waals surface area (Å²) in [6, 6.07) is 1.09. The summed E-state index contributed by atoms with van der Waals surface area (Å²) in [5, 5.41) is 9.27. The molecule has 3 heteroatoms. The molecule has 3 atom stereocenters. The molecular formula is C16H32N2O. The van der Waals surface area contributed by atoms with Gasteiger partial charge in [0.25, 0.3) is 0 Å². The molecule has 3 nitrogen and oxygen atoms in total. The Morgan fingerprint density at radius 3 is 2.47 bits per heavy atom. The van der Waals surface area contributed by atoms with Gasteiger partial charge in [-0.05, 0) is 49.9 Å². The first kappa shape index (κ1) is 15.3. The van der Waals surface area contributed by atoms with Gasteiger partial charge >= 0.3 is 0 Å². The molecule has 2 aliphatic carbocycles. The van der Waals surface area contributed by atoms with Crippen LogP contribution in [0.2, 0.25) is 0 Å². The molecule has 0 amide bonds. The first-order chi connectivity index (χ1) is 9.11. The van der Waals surface area contributed by atoms with Crippen LogP contribution in [0.3, 0.4) is 0 Å². The fourth-order valence-electron chi connectivity index (χ4n) is 3.74. The van der Waals surface area contributed by atoms with Crippen LogP contribution in [0.4, 0.5) is 0 Å². The van der Waals surface area contributed by atoms with E-state index in [9.17, 15) is 5.11 Å². The van der Waals surface area contributed by atoms with Crippen LogP contribution in [0.25, 0.3) is 0 Å². The SMILES string of the molecule is CC(C)C1CCC(N)C(CN(CCO)C2CCC2)C1. The zero-order chi connectivity index (χ0) is 13.8. The van der Waals surface area contributed by atoms with Crippen molar-refractivity contribution >= 4 is 0 Å². The summed E-state index contributed by atoms with van der Waals surface area (Å²) in [6.07, 6.45) is 7.76. The van der Waals surface area contributed by atoms with E-state index >= 15 is 0 Å². The maximum Gasteiger partial charge on any atom is 0.0558 e. The maximum absolute atomic E-state index is 9.27. The lowest BCUT2D eigenvalue weighted by atomic mass is 9.73. The molecule has 112 valence electrons. The lowest BCUT2D eigenvalue weighted by molar-refractivity contribution is 0.0611. The Balaban J connectivity index is 1.89. The number of aliphatic hydroxyl groups is 1. The quantitative estimate of drug-likeness (QED) is 0.776. The van der Waals surface area contributed by atoms with Gasteiger partial charge in [0.2, 0.25) is 0 Å². The Hall–Kier alpha value is -0.120. The Morgan fingerprint density at radius 2 is 1.95 bits per heavy atom. The Kier molecular flexibility index (Phi) is 5.67. The first-order valence-corrected chi connectivity index (χ1v) is 8.22. The van der Waals surface area contributed by atoms with Crippen molar-refractivity contribution in [2.24, 2.45) is 23.5 Å². The Morgan fingerprint density at radius 1 is 1.21 bits per heavy atom. The van der Waals surface area contributed by atoms with Crippen molar-refractivity contribution in [2.75, 3.05) is 19.7 Å². The van der Waals surface area contributed by atoms with Crippen molar-refractivity contribution in [3.8, 4) is 0 Å². The van der Waals surface area contributed by atoms with Gasteiger partial charge in [-0.2, -0.15) is 0 Å². The fourth-order valence-corrected chi connectivity index (χ4v) is 3.74. The normalized spacial score (nSPS) is 32.8. The minimum atomic E-state index is 0.284. The minimum Gasteiger partial charge on any atom is -0.395 e. The van der Waals surface area contributed by atoms with Gasteiger partial charge in [-0.3, -0.25) is 4.90 Å². The van der Waals surface area contributed by atoms with Crippen molar-refractivity contribution < 1.29 is 5.11 Å². The van der Waals surface area contributed by atoms with E-state index in [1.807, 2.05) is 0 Å². The molecule has 0 heterocycles. The molecule has 2 saturated carbocycles. The predicted molar refractivity (Wildman–Crippen MR) is 79.9 cm³/mol. The van der Waals surface area contributed by atoms with Crippen molar-refractivity contribution in [3.05, 3.63) is 0 Å². The summed E-state index contributed by atoms with van der Waals surface area (Å²) >= 11 is 0. The number of aliphatic hydroxyl groups excluding tert-OH is 1. The second-order valence-electron chi connectivity index (χ2n) is 7.04. The number of nitrogens with two attached hydrogens (primary N) is 1. The van der Waals surface area contributed by atoms with Crippen LogP contribution in [-0.2, 0) is 0 Å². The molecule has 0 radical (unpaired) electrons. The van der Waals surface area contributed by atoms with E-state index in [-0.39, 0.29) is 6.61 Å². The maximum atomic E-state index is 9.27. The topological polar surface area (TPSA) is 49.5 Å². The van der Waals surface area contributed by atoms with Gasteiger partial charge in [0.1, 0.15) is 0 Å². The average Bonchev–Trinajstić information content (AvgIpc) is 2.29. The second-order valence-corrected chi connectivity index (χ2v) is 7.04. The van der Waals surface area contributed by atoms with Crippen molar-refractivity contribution in [2.45, 2.75) is 64.5 Å². The van der Waals surface area contributed by atoms with Crippen molar-refractivity contribution in [1.82, 2.24) is 4.90 Å². The van der Waals surface area contributed by atoms with Crippen molar-refractivity contribution in [1.29, 1.82) is 0 Å². The van der Waals surface area contributed by atoms with E-state index in [2.05, 4.69) is 18.7 Å². The van der Waals surface area contributed by atoms with Crippen molar-refractivity contribution in [3.63, 3.8) is 0 Å². The number of rotatable bonds is 6. The van der Waals surface area contributed by atoms with E-state index in [1.165, 1.54) is 38.5 Å². The molecule has 0 saturated heterocycles. The van der Waals surface area contributed by atoms with Crippen LogP contribution in [-0.4, -0.2) is 41.8 Å². The summed E-state index contributed by atoms with van der Waals surface area (Å²) in [4.78, 5) is 2.51. The fraction of sp³-hybridized carbons (Fsp3) is 1.00. The monoisotopic (exact) mass is 268 g/mol. The van der Waals surface area contributed by atoms with Crippen LogP contribution in [0.15, 0.2) is 0 Å². The third-order valence-electron chi connectivity index (χ3n) is 5.47. The molecule has 0 bridgehead atoms. The minimum absolute atomic E-state index is 0.284. The van der Waals surface area contributed by atoms with E-state index < -0.39 is 0 Å². The molecule has 0 spiro atoms. The van der Waals surface area contributed by atoms with Gasteiger partial charge in [-0.15, -0.1) is 0 Å². The summed E-state index contributed by atoms with van der Waals surface area (Å²) in [6.45, 7) is 6.91. The van der Waals surface area contributed by atoms with Crippen LogP contribution in [0.5, 0.6) is 0 Å². The van der Waals surface area contributed by atoms with Crippen LogP contribution < -0.4 is 5.73 Å². The Bertz CT molecular complexity index is 265. The molecule has 3 unspecified atom stereocenters. The van der Waals surface area contributed by atoms with E-state index in [0.717, 1.165) is 31.0 Å². The van der Waals surface area contributed by atoms with Gasteiger partial charge in [-0.25, -0.2) is 0 Å². The number of hydrogen-bond donors (Lipinski definition) is 2. The second kappa shape index (κ2) is 7.05. The average molecular weight is 268 g/mol. The summed E-state index contributed by atoms with van der Waals surface area (Å²) in [5.74, 6) is 2.26. The number of nitrogens with zero attached hydrogens (tertiary/aromatic N) is 1. The molecular weight excluding hydrogens is 236 g/mol. The molecule has 0 aliphatic heterocycles. The molecule has 0 aromatic heterocycles. The van der Waals surface area contributed by atoms with Gasteiger partial charge < -0.3 is 10.8 Å². The lowest BCUT2D eigenvalue weighted by Crippen LogP contribution is -2.49. The molecule has 0 aromatic carbocycles. The van der Waals surface area contributed by atoms with Gasteiger partial charge in [0, 0.05) is 25.2 Å². The molecule has 2 fully saturated rings. The molecule has 19 heavy (non-hydrogen) atoms. The first-order valence-electron chi connectivity index (χ1n) is 8.22. The van der Waals surface area contributed by atoms with Crippen LogP contribution in [0, 0.1) is 17.8 Å². The molecule has 0 aromatic rings. The van der Waals surface area contributed by atoms with Gasteiger partial charge in [0.15, 0.2) is 0 Å². The predicted octanol–water partition coefficient (Wildman–Crippen LogP) is 2.23. The smallest absolute Gasteiger partial charge is 0.0558 e. The highest BCUT2D eigenvalue weighted by Gasteiger charge is 2.33. The van der Waals surface area contributed by atoms with Crippen LogP contribution in [0.1, 0.15) is 52.4 Å². The lowest BCUT2D eigenvalue weighted by Gasteiger charge is -2.43. The van der Waals surface area contributed by atoms with E-state index in [0.29, 0.717) is 12.0 Å². The van der Waals surface area contributed by atoms with Gasteiger partial charge in [-0.1, -0.05) is 20.3 Å². The van der Waals surface area contributed by atoms with Crippen LogP contribution >= 0.6 is 0 Å². The highest BCUT2D eigenvalue weighted by atomic mass is 16.3. The highest BCUT2D eigenvalue weighted by Crippen LogP contribution is 2.35. The summed E-state index contributed by atoms with van der Waals surface area (Å²) < 4.78 is 0. The number of hydrogen-bond acceptors (Lipinski definition) is 3. The highest BCUT2D eigenvalue weighted by molar-refractivity contribution is 4.88. The van der Waals surface area contributed by atoms with E-state index in [4.69, 9.17) is 5.73 Å². The third kappa shape index (κ3) is 3.93. The standard InChI is InChI=1S/C16H32N2O/c1-12(2)13-6-7-16(17)14(10-13)11-18(8-9-19)15-4-3-5-15/h12-16,19H,3-11,17H2,1-2H3. The molecule has 3 N–H and O–H groups in total. The largest absolute Gasteiger partial charge is 0.395 e. The van der Waals surface area contributed by atoms with Gasteiger partial charge in [0.05, 0.1) is 6.61 Å². The zero-order valence-electron chi connectivity index (χ0n) is 12.7. The molecule has 2 aliphatic rings. The van der Waals surface area contributed by atoms with E-state index in [1.54, 1.807) is 0 Å².